The van der Waals surface area contributed by atoms with E-state index in [0.29, 0.717) is 34.8 Å². The zero-order chi connectivity index (χ0) is 18.7. The first-order valence-corrected chi connectivity index (χ1v) is 8.39. The lowest BCUT2D eigenvalue weighted by atomic mass is 10.0. The number of hydrogen-bond donors (Lipinski definition) is 2. The van der Waals surface area contributed by atoms with Gasteiger partial charge in [-0.2, -0.15) is 0 Å². The predicted molar refractivity (Wildman–Crippen MR) is 98.2 cm³/mol. The lowest BCUT2D eigenvalue weighted by molar-refractivity contribution is -0.131. The van der Waals surface area contributed by atoms with Crippen LogP contribution in [0, 0.1) is 5.41 Å². The van der Waals surface area contributed by atoms with Crippen molar-refractivity contribution in [2.75, 3.05) is 17.7 Å². The van der Waals surface area contributed by atoms with Crippen LogP contribution in [0.4, 0.5) is 11.4 Å². The molecule has 26 heavy (non-hydrogen) atoms. The van der Waals surface area contributed by atoms with Gasteiger partial charge in [-0.15, -0.1) is 0 Å². The molecule has 134 valence electrons. The topological polar surface area (TPSA) is 84.5 Å². The highest BCUT2D eigenvalue weighted by molar-refractivity contribution is 6.30. The maximum Gasteiger partial charge on any atom is 0.337 e. The molecule has 0 saturated heterocycles. The molecule has 0 heterocycles. The van der Waals surface area contributed by atoms with Gasteiger partial charge in [0.15, 0.2) is 0 Å². The molecule has 0 aliphatic heterocycles. The van der Waals surface area contributed by atoms with Crippen LogP contribution in [0.1, 0.15) is 23.2 Å². The summed E-state index contributed by atoms with van der Waals surface area (Å²) in [4.78, 5) is 36.5. The van der Waals surface area contributed by atoms with Gasteiger partial charge in [0.2, 0.25) is 11.8 Å². The number of halogens is 1. The lowest BCUT2D eigenvalue weighted by Gasteiger charge is -2.15. The highest BCUT2D eigenvalue weighted by Crippen LogP contribution is 2.47. The number of carbonyl (C=O) groups is 3. The third-order valence-corrected chi connectivity index (χ3v) is 4.54. The molecule has 2 aromatic carbocycles. The summed E-state index contributed by atoms with van der Waals surface area (Å²) in [6, 6.07) is 13.0. The van der Waals surface area contributed by atoms with Gasteiger partial charge in [-0.05, 0) is 61.4 Å². The second kappa shape index (κ2) is 7.17. The number of methoxy groups -OCH3 is 1. The molecule has 2 amide bonds. The molecule has 3 rings (SSSR count). The summed E-state index contributed by atoms with van der Waals surface area (Å²) in [7, 11) is 1.30. The number of anilines is 2. The normalized spacial score (nSPS) is 14.2. The van der Waals surface area contributed by atoms with Crippen LogP contribution in [0.3, 0.4) is 0 Å². The smallest absolute Gasteiger partial charge is 0.337 e. The van der Waals surface area contributed by atoms with E-state index in [0.717, 1.165) is 0 Å². The number of esters is 1. The van der Waals surface area contributed by atoms with E-state index in [1.165, 1.54) is 7.11 Å². The molecular weight excluding hydrogens is 356 g/mol. The molecule has 0 bridgehead atoms. The van der Waals surface area contributed by atoms with E-state index in [4.69, 9.17) is 11.6 Å². The van der Waals surface area contributed by atoms with E-state index >= 15 is 0 Å². The minimum atomic E-state index is -1.07. The Bertz CT molecular complexity index is 843. The second-order valence-electron chi connectivity index (χ2n) is 6.07. The van der Waals surface area contributed by atoms with Crippen molar-refractivity contribution in [3.8, 4) is 0 Å². The number of nitrogens with one attached hydrogen (secondary N) is 2. The fourth-order valence-electron chi connectivity index (χ4n) is 2.52. The highest BCUT2D eigenvalue weighted by Gasteiger charge is 2.56. The molecule has 0 radical (unpaired) electrons. The summed E-state index contributed by atoms with van der Waals surface area (Å²) in [5.74, 6) is -1.16. The molecule has 1 aliphatic carbocycles. The summed E-state index contributed by atoms with van der Waals surface area (Å²) >= 11 is 5.83. The van der Waals surface area contributed by atoms with Crippen molar-refractivity contribution in [3.63, 3.8) is 0 Å². The van der Waals surface area contributed by atoms with Crippen LogP contribution in [0.25, 0.3) is 0 Å². The number of hydrogen-bond acceptors (Lipinski definition) is 4. The molecule has 2 N–H and O–H groups in total. The number of ether oxygens (including phenoxy) is 1. The Morgan fingerprint density at radius 1 is 0.885 bits per heavy atom. The minimum Gasteiger partial charge on any atom is -0.465 e. The van der Waals surface area contributed by atoms with Crippen molar-refractivity contribution in [2.45, 2.75) is 12.8 Å². The third kappa shape index (κ3) is 3.70. The molecule has 6 nitrogen and oxygen atoms in total. The monoisotopic (exact) mass is 372 g/mol. The highest BCUT2D eigenvalue weighted by atomic mass is 35.5. The van der Waals surface area contributed by atoms with E-state index in [2.05, 4.69) is 15.4 Å². The van der Waals surface area contributed by atoms with Crippen molar-refractivity contribution in [1.29, 1.82) is 0 Å². The van der Waals surface area contributed by atoms with Gasteiger partial charge < -0.3 is 15.4 Å². The van der Waals surface area contributed by atoms with Crippen LogP contribution >= 0.6 is 11.6 Å². The number of benzene rings is 2. The number of rotatable bonds is 5. The average Bonchev–Trinajstić information content (AvgIpc) is 3.46. The molecule has 0 atom stereocenters. The van der Waals surface area contributed by atoms with Gasteiger partial charge in [-0.25, -0.2) is 4.79 Å². The van der Waals surface area contributed by atoms with Gasteiger partial charge in [0.1, 0.15) is 5.41 Å². The van der Waals surface area contributed by atoms with E-state index in [9.17, 15) is 14.4 Å². The second-order valence-corrected chi connectivity index (χ2v) is 6.50. The van der Waals surface area contributed by atoms with Crippen molar-refractivity contribution in [1.82, 2.24) is 0 Å². The van der Waals surface area contributed by atoms with Crippen LogP contribution in [-0.2, 0) is 14.3 Å². The van der Waals surface area contributed by atoms with Gasteiger partial charge in [-0.3, -0.25) is 9.59 Å². The van der Waals surface area contributed by atoms with E-state index in [1.54, 1.807) is 48.5 Å². The quantitative estimate of drug-likeness (QED) is 0.621. The standard InChI is InChI=1S/C19H17ClN2O4/c1-26-16(23)12-2-6-14(7-3-12)21-17(24)19(10-11-19)18(25)22-15-8-4-13(20)5-9-15/h2-9H,10-11H2,1H3,(H,21,24)(H,22,25). The van der Waals surface area contributed by atoms with Crippen molar-refractivity contribution in [3.05, 3.63) is 59.1 Å². The van der Waals surface area contributed by atoms with E-state index in [1.807, 2.05) is 0 Å². The first kappa shape index (κ1) is 17.9. The zero-order valence-electron chi connectivity index (χ0n) is 14.0. The Labute approximate surface area is 155 Å². The SMILES string of the molecule is COC(=O)c1ccc(NC(=O)C2(C(=O)Nc3ccc(Cl)cc3)CC2)cc1. The van der Waals surface area contributed by atoms with Crippen molar-refractivity contribution in [2.24, 2.45) is 5.41 Å². The van der Waals surface area contributed by atoms with Gasteiger partial charge in [0.05, 0.1) is 12.7 Å². The van der Waals surface area contributed by atoms with Gasteiger partial charge in [-0.1, -0.05) is 11.6 Å². The number of carbonyl (C=O) groups excluding carboxylic acids is 3. The molecule has 1 saturated carbocycles. The summed E-state index contributed by atoms with van der Waals surface area (Å²) in [5.41, 5.74) is 0.405. The van der Waals surface area contributed by atoms with Crippen molar-refractivity contribution >= 4 is 40.8 Å². The molecule has 1 fully saturated rings. The largest absolute Gasteiger partial charge is 0.465 e. The Morgan fingerprint density at radius 3 is 1.77 bits per heavy atom. The Balaban J connectivity index is 1.65. The number of amides is 2. The van der Waals surface area contributed by atoms with Gasteiger partial charge >= 0.3 is 5.97 Å². The molecule has 0 spiro atoms. The summed E-state index contributed by atoms with van der Waals surface area (Å²) in [6.07, 6.45) is 0.969. The van der Waals surface area contributed by atoms with Crippen LogP contribution in [0.15, 0.2) is 48.5 Å². The molecule has 0 unspecified atom stereocenters. The fraction of sp³-hybridized carbons (Fsp3) is 0.211. The maximum atomic E-state index is 12.6. The Kier molecular flexibility index (Phi) is 4.95. The Hall–Kier alpha value is -2.86. The van der Waals surface area contributed by atoms with Gasteiger partial charge in [0.25, 0.3) is 0 Å². The van der Waals surface area contributed by atoms with E-state index < -0.39 is 11.4 Å². The van der Waals surface area contributed by atoms with E-state index in [-0.39, 0.29) is 11.8 Å². The molecule has 7 heteroatoms. The molecule has 0 aromatic heterocycles. The van der Waals surface area contributed by atoms with Crippen LogP contribution < -0.4 is 10.6 Å². The zero-order valence-corrected chi connectivity index (χ0v) is 14.8. The molecule has 1 aliphatic rings. The lowest BCUT2D eigenvalue weighted by Crippen LogP contribution is -2.35. The predicted octanol–water partition coefficient (Wildman–Crippen LogP) is 3.48. The molecule has 2 aromatic rings. The van der Waals surface area contributed by atoms with Crippen LogP contribution in [0.5, 0.6) is 0 Å². The van der Waals surface area contributed by atoms with Crippen LogP contribution in [0.2, 0.25) is 5.02 Å². The minimum absolute atomic E-state index is 0.344. The first-order valence-electron chi connectivity index (χ1n) is 8.01. The van der Waals surface area contributed by atoms with Crippen LogP contribution in [-0.4, -0.2) is 24.9 Å². The summed E-state index contributed by atoms with van der Waals surface area (Å²) in [5, 5.41) is 6.05. The maximum absolute atomic E-state index is 12.6. The summed E-state index contributed by atoms with van der Waals surface area (Å²) in [6.45, 7) is 0. The Morgan fingerprint density at radius 2 is 1.35 bits per heavy atom. The van der Waals surface area contributed by atoms with Crippen molar-refractivity contribution < 1.29 is 19.1 Å². The fourth-order valence-corrected chi connectivity index (χ4v) is 2.65. The van der Waals surface area contributed by atoms with Gasteiger partial charge in [0, 0.05) is 16.4 Å². The summed E-state index contributed by atoms with van der Waals surface area (Å²) < 4.78 is 4.63. The third-order valence-electron chi connectivity index (χ3n) is 4.29. The first-order chi connectivity index (χ1) is 12.4. The molecular formula is C19H17ClN2O4. The average molecular weight is 373 g/mol.